The second-order valence-corrected chi connectivity index (χ2v) is 6.36. The number of amides is 1. The average molecular weight is 372 g/mol. The van der Waals surface area contributed by atoms with Crippen LogP contribution in [0.1, 0.15) is 29.8 Å². The van der Waals surface area contributed by atoms with E-state index in [1.165, 1.54) is 0 Å². The van der Waals surface area contributed by atoms with E-state index in [1.54, 1.807) is 42.6 Å². The number of para-hydroxylation sites is 1. The Kier molecular flexibility index (Phi) is 5.87. The number of nitriles is 1. The summed E-state index contributed by atoms with van der Waals surface area (Å²) in [4.78, 5) is 16.8. The summed E-state index contributed by atoms with van der Waals surface area (Å²) in [6, 6.07) is 19.7. The van der Waals surface area contributed by atoms with Crippen molar-refractivity contribution in [2.45, 2.75) is 20.0 Å². The average Bonchev–Trinajstić information content (AvgIpc) is 2.70. The van der Waals surface area contributed by atoms with Crippen LogP contribution in [-0.4, -0.2) is 17.0 Å². The largest absolute Gasteiger partial charge is 0.491 e. The van der Waals surface area contributed by atoms with Crippen molar-refractivity contribution in [3.8, 4) is 11.8 Å². The summed E-state index contributed by atoms with van der Waals surface area (Å²) >= 11 is 0. The Balaban J connectivity index is 1.71. The molecule has 0 unspecified atom stereocenters. The number of pyridine rings is 1. The zero-order valence-electron chi connectivity index (χ0n) is 15.6. The van der Waals surface area contributed by atoms with Crippen molar-refractivity contribution in [3.05, 3.63) is 78.0 Å². The van der Waals surface area contributed by atoms with Gasteiger partial charge in [0, 0.05) is 17.4 Å². The number of benzene rings is 2. The Hall–Kier alpha value is -3.85. The number of hydrogen-bond donors (Lipinski definition) is 2. The molecule has 0 fully saturated rings. The summed E-state index contributed by atoms with van der Waals surface area (Å²) < 4.78 is 5.63. The third-order valence-corrected chi connectivity index (χ3v) is 3.82. The van der Waals surface area contributed by atoms with Crippen molar-refractivity contribution in [2.75, 3.05) is 10.6 Å². The Bertz CT molecular complexity index is 1010. The lowest BCUT2D eigenvalue weighted by atomic mass is 10.1. The number of hydrogen-bond acceptors (Lipinski definition) is 5. The number of carbonyl (C=O) groups excluding carboxylic acids is 1. The Morgan fingerprint density at radius 3 is 2.57 bits per heavy atom. The van der Waals surface area contributed by atoms with Gasteiger partial charge in [-0.25, -0.2) is 4.98 Å². The van der Waals surface area contributed by atoms with Gasteiger partial charge in [0.2, 0.25) is 0 Å². The summed E-state index contributed by atoms with van der Waals surface area (Å²) in [7, 11) is 0. The van der Waals surface area contributed by atoms with Gasteiger partial charge in [0.15, 0.2) is 0 Å². The molecule has 28 heavy (non-hydrogen) atoms. The number of carbonyl (C=O) groups is 1. The van der Waals surface area contributed by atoms with E-state index >= 15 is 0 Å². The monoisotopic (exact) mass is 372 g/mol. The highest BCUT2D eigenvalue weighted by atomic mass is 16.5. The molecule has 1 aromatic heterocycles. The SMILES string of the molecule is CC(C)Oc1ccc(Nc2cc(C(=O)Nc3ccccc3C#N)ccn2)cc1. The molecule has 0 saturated carbocycles. The molecule has 3 rings (SSSR count). The first-order chi connectivity index (χ1) is 13.5. The first-order valence-electron chi connectivity index (χ1n) is 8.85. The predicted octanol–water partition coefficient (Wildman–Crippen LogP) is 4.74. The zero-order chi connectivity index (χ0) is 19.9. The van der Waals surface area contributed by atoms with Gasteiger partial charge in [-0.1, -0.05) is 12.1 Å². The van der Waals surface area contributed by atoms with Crippen molar-refractivity contribution in [2.24, 2.45) is 0 Å². The Morgan fingerprint density at radius 1 is 1.11 bits per heavy atom. The smallest absolute Gasteiger partial charge is 0.255 e. The van der Waals surface area contributed by atoms with E-state index in [0.717, 1.165) is 11.4 Å². The molecule has 1 amide bonds. The summed E-state index contributed by atoms with van der Waals surface area (Å²) in [6.07, 6.45) is 1.67. The highest BCUT2D eigenvalue weighted by Crippen LogP contribution is 2.21. The van der Waals surface area contributed by atoms with Crippen molar-refractivity contribution >= 4 is 23.1 Å². The number of nitrogens with zero attached hydrogens (tertiary/aromatic N) is 2. The molecule has 3 aromatic rings. The Morgan fingerprint density at radius 2 is 1.86 bits per heavy atom. The van der Waals surface area contributed by atoms with Crippen LogP contribution in [0.15, 0.2) is 66.9 Å². The van der Waals surface area contributed by atoms with Gasteiger partial charge in [0.05, 0.1) is 17.4 Å². The normalized spacial score (nSPS) is 10.2. The van der Waals surface area contributed by atoms with Crippen LogP contribution in [0.5, 0.6) is 5.75 Å². The third-order valence-electron chi connectivity index (χ3n) is 3.82. The fourth-order valence-corrected chi connectivity index (χ4v) is 2.56. The van der Waals surface area contributed by atoms with Gasteiger partial charge in [0.25, 0.3) is 5.91 Å². The molecular formula is C22H20N4O2. The van der Waals surface area contributed by atoms with Gasteiger partial charge in [-0.05, 0) is 62.4 Å². The van der Waals surface area contributed by atoms with Crippen LogP contribution in [-0.2, 0) is 0 Å². The molecule has 2 N–H and O–H groups in total. The van der Waals surface area contributed by atoms with Crippen LogP contribution in [0.25, 0.3) is 0 Å². The molecule has 0 aliphatic carbocycles. The molecule has 0 aliphatic rings. The molecule has 6 heteroatoms. The lowest BCUT2D eigenvalue weighted by Crippen LogP contribution is -2.13. The predicted molar refractivity (Wildman–Crippen MR) is 109 cm³/mol. The third kappa shape index (κ3) is 4.86. The molecule has 0 aliphatic heterocycles. The van der Waals surface area contributed by atoms with Gasteiger partial charge in [-0.2, -0.15) is 5.26 Å². The first-order valence-corrected chi connectivity index (χ1v) is 8.85. The first kappa shape index (κ1) is 18.9. The fraction of sp³-hybridized carbons (Fsp3) is 0.136. The number of aromatic nitrogens is 1. The number of nitrogens with one attached hydrogen (secondary N) is 2. The molecule has 0 bridgehead atoms. The topological polar surface area (TPSA) is 87.0 Å². The van der Waals surface area contributed by atoms with Crippen molar-refractivity contribution in [1.29, 1.82) is 5.26 Å². The molecule has 0 radical (unpaired) electrons. The minimum absolute atomic E-state index is 0.113. The van der Waals surface area contributed by atoms with E-state index in [0.29, 0.717) is 22.6 Å². The molecule has 0 saturated heterocycles. The van der Waals surface area contributed by atoms with Gasteiger partial charge < -0.3 is 15.4 Å². The van der Waals surface area contributed by atoms with Crippen LogP contribution in [0, 0.1) is 11.3 Å². The maximum atomic E-state index is 12.5. The molecular weight excluding hydrogens is 352 g/mol. The van der Waals surface area contributed by atoms with Crippen LogP contribution in [0.2, 0.25) is 0 Å². The van der Waals surface area contributed by atoms with Crippen LogP contribution >= 0.6 is 0 Å². The van der Waals surface area contributed by atoms with Crippen LogP contribution in [0.4, 0.5) is 17.2 Å². The summed E-state index contributed by atoms with van der Waals surface area (Å²) in [5.41, 5.74) is 2.15. The highest BCUT2D eigenvalue weighted by molar-refractivity contribution is 6.05. The van der Waals surface area contributed by atoms with E-state index in [9.17, 15) is 4.79 Å². The quantitative estimate of drug-likeness (QED) is 0.653. The number of rotatable bonds is 6. The summed E-state index contributed by atoms with van der Waals surface area (Å²) in [5.74, 6) is 1.02. The molecule has 1 heterocycles. The van der Waals surface area contributed by atoms with Crippen molar-refractivity contribution in [1.82, 2.24) is 4.98 Å². The molecule has 0 spiro atoms. The van der Waals surface area contributed by atoms with Gasteiger partial charge in [-0.3, -0.25) is 4.79 Å². The van der Waals surface area contributed by atoms with E-state index < -0.39 is 0 Å². The van der Waals surface area contributed by atoms with Crippen LogP contribution in [0.3, 0.4) is 0 Å². The summed E-state index contributed by atoms with van der Waals surface area (Å²) in [6.45, 7) is 3.95. The number of ether oxygens (including phenoxy) is 1. The summed E-state index contributed by atoms with van der Waals surface area (Å²) in [5, 5.41) is 15.1. The molecule has 0 atom stereocenters. The number of anilines is 3. The van der Waals surface area contributed by atoms with Crippen molar-refractivity contribution in [3.63, 3.8) is 0 Å². The maximum Gasteiger partial charge on any atom is 0.255 e. The van der Waals surface area contributed by atoms with E-state index in [2.05, 4.69) is 21.7 Å². The fourth-order valence-electron chi connectivity index (χ4n) is 2.56. The van der Waals surface area contributed by atoms with Crippen molar-refractivity contribution < 1.29 is 9.53 Å². The van der Waals surface area contributed by atoms with Gasteiger partial charge in [0.1, 0.15) is 17.6 Å². The van der Waals surface area contributed by atoms with E-state index in [-0.39, 0.29) is 12.0 Å². The lowest BCUT2D eigenvalue weighted by molar-refractivity contribution is 0.102. The molecule has 6 nitrogen and oxygen atoms in total. The Labute approximate surface area is 163 Å². The van der Waals surface area contributed by atoms with Crippen LogP contribution < -0.4 is 15.4 Å². The van der Waals surface area contributed by atoms with E-state index in [1.807, 2.05) is 38.1 Å². The highest BCUT2D eigenvalue weighted by Gasteiger charge is 2.10. The standard InChI is InChI=1S/C22H20N4O2/c1-15(2)28-19-9-7-18(8-10-19)25-21-13-16(11-12-24-21)22(27)26-20-6-4-3-5-17(20)14-23/h3-13,15H,1-2H3,(H,24,25)(H,26,27). The lowest BCUT2D eigenvalue weighted by Gasteiger charge is -2.11. The van der Waals surface area contributed by atoms with Gasteiger partial charge >= 0.3 is 0 Å². The maximum absolute atomic E-state index is 12.5. The minimum Gasteiger partial charge on any atom is -0.491 e. The van der Waals surface area contributed by atoms with E-state index in [4.69, 9.17) is 10.00 Å². The minimum atomic E-state index is -0.311. The molecule has 140 valence electrons. The molecule has 2 aromatic carbocycles. The van der Waals surface area contributed by atoms with Gasteiger partial charge in [-0.15, -0.1) is 0 Å². The second kappa shape index (κ2) is 8.69. The second-order valence-electron chi connectivity index (χ2n) is 6.36. The zero-order valence-corrected chi connectivity index (χ0v) is 15.6.